The molecule has 0 radical (unpaired) electrons. The molecular formula is C15H17N2O+. The first-order valence-electron chi connectivity index (χ1n) is 6.10. The van der Waals surface area contributed by atoms with Crippen molar-refractivity contribution < 1.29 is 9.78 Å². The van der Waals surface area contributed by atoms with Crippen LogP contribution in [0.15, 0.2) is 54.9 Å². The third-order valence-corrected chi connectivity index (χ3v) is 2.74. The summed E-state index contributed by atoms with van der Waals surface area (Å²) in [5, 5.41) is 2.91. The van der Waals surface area contributed by atoms with Gasteiger partial charge in [-0.1, -0.05) is 30.3 Å². The second kappa shape index (κ2) is 6.55. The highest BCUT2D eigenvalue weighted by Crippen LogP contribution is 2.02. The van der Waals surface area contributed by atoms with Crippen molar-refractivity contribution in [2.45, 2.75) is 19.4 Å². The number of amides is 1. The largest absolute Gasteiger partial charge is 0.352 e. The van der Waals surface area contributed by atoms with Gasteiger partial charge < -0.3 is 5.32 Å². The summed E-state index contributed by atoms with van der Waals surface area (Å²) in [6, 6.07) is 14.0. The van der Waals surface area contributed by atoms with E-state index in [1.54, 1.807) is 0 Å². The Bertz CT molecular complexity index is 437. The quantitative estimate of drug-likeness (QED) is 0.851. The van der Waals surface area contributed by atoms with E-state index in [9.17, 15) is 4.79 Å². The van der Waals surface area contributed by atoms with Gasteiger partial charge in [0.05, 0.1) is 0 Å². The van der Waals surface area contributed by atoms with Gasteiger partial charge in [-0.2, -0.15) is 0 Å². The molecule has 1 aromatic carbocycles. The van der Waals surface area contributed by atoms with Crippen LogP contribution in [-0.2, 0) is 17.8 Å². The zero-order chi connectivity index (χ0) is 12.6. The zero-order valence-corrected chi connectivity index (χ0v) is 10.2. The van der Waals surface area contributed by atoms with Crippen LogP contribution in [0.25, 0.3) is 0 Å². The van der Waals surface area contributed by atoms with E-state index in [4.69, 9.17) is 0 Å². The van der Waals surface area contributed by atoms with Gasteiger partial charge in [0, 0.05) is 24.6 Å². The predicted octanol–water partition coefficient (Wildman–Crippen LogP) is 1.75. The smallest absolute Gasteiger partial charge is 0.220 e. The fourth-order valence-electron chi connectivity index (χ4n) is 1.73. The van der Waals surface area contributed by atoms with E-state index >= 15 is 0 Å². The number of hydrogen-bond acceptors (Lipinski definition) is 1. The summed E-state index contributed by atoms with van der Waals surface area (Å²) in [5.74, 6) is 0.0858. The van der Waals surface area contributed by atoms with Crippen LogP contribution in [0, 0.1) is 0 Å². The highest BCUT2D eigenvalue weighted by Gasteiger charge is 2.02. The van der Waals surface area contributed by atoms with Crippen LogP contribution >= 0.6 is 0 Å². The standard InChI is InChI=1S/C15H16N2O/c18-15(9-8-13-5-2-1-3-6-13)17-12-14-7-4-10-16-11-14/h1-7,10-11H,8-9,12H2,(H,17,18)/p+1. The maximum Gasteiger partial charge on any atom is 0.220 e. The van der Waals surface area contributed by atoms with Crippen molar-refractivity contribution in [2.24, 2.45) is 0 Å². The average molecular weight is 241 g/mol. The second-order valence-electron chi connectivity index (χ2n) is 4.17. The summed E-state index contributed by atoms with van der Waals surface area (Å²) in [7, 11) is 0. The molecule has 1 amide bonds. The third-order valence-electron chi connectivity index (χ3n) is 2.74. The molecule has 0 unspecified atom stereocenters. The molecule has 0 spiro atoms. The lowest BCUT2D eigenvalue weighted by molar-refractivity contribution is -0.378. The van der Waals surface area contributed by atoms with E-state index in [0.29, 0.717) is 13.0 Å². The molecule has 3 nitrogen and oxygen atoms in total. The second-order valence-corrected chi connectivity index (χ2v) is 4.17. The molecule has 0 atom stereocenters. The van der Waals surface area contributed by atoms with E-state index in [1.165, 1.54) is 5.56 Å². The summed E-state index contributed by atoms with van der Waals surface area (Å²) in [5.41, 5.74) is 2.27. The summed E-state index contributed by atoms with van der Waals surface area (Å²) >= 11 is 0. The topological polar surface area (TPSA) is 43.2 Å². The molecule has 0 saturated heterocycles. The van der Waals surface area contributed by atoms with Gasteiger partial charge in [0.25, 0.3) is 0 Å². The highest BCUT2D eigenvalue weighted by molar-refractivity contribution is 5.76. The molecule has 0 aliphatic rings. The zero-order valence-electron chi connectivity index (χ0n) is 10.2. The summed E-state index contributed by atoms with van der Waals surface area (Å²) in [4.78, 5) is 14.7. The van der Waals surface area contributed by atoms with Crippen molar-refractivity contribution in [3.63, 3.8) is 0 Å². The van der Waals surface area contributed by atoms with Crippen molar-refractivity contribution in [1.82, 2.24) is 5.32 Å². The molecule has 0 fully saturated rings. The Kier molecular flexibility index (Phi) is 4.47. The first-order chi connectivity index (χ1) is 8.84. The molecule has 0 saturated carbocycles. The number of nitrogens with one attached hydrogen (secondary N) is 2. The Balaban J connectivity index is 1.73. The number of aryl methyl sites for hydroxylation is 1. The summed E-state index contributed by atoms with van der Waals surface area (Å²) in [6.45, 7) is 0.574. The van der Waals surface area contributed by atoms with Gasteiger partial charge in [-0.25, -0.2) is 4.98 Å². The minimum absolute atomic E-state index is 0.0858. The van der Waals surface area contributed by atoms with Crippen LogP contribution in [0.1, 0.15) is 17.5 Å². The number of hydrogen-bond donors (Lipinski definition) is 1. The first-order valence-corrected chi connectivity index (χ1v) is 6.10. The van der Waals surface area contributed by atoms with E-state index in [0.717, 1.165) is 12.0 Å². The summed E-state index contributed by atoms with van der Waals surface area (Å²) < 4.78 is 0. The van der Waals surface area contributed by atoms with E-state index in [2.05, 4.69) is 10.3 Å². The van der Waals surface area contributed by atoms with Gasteiger partial charge in [-0.05, 0) is 18.1 Å². The molecule has 1 heterocycles. The minimum atomic E-state index is 0.0858. The van der Waals surface area contributed by atoms with Crippen LogP contribution < -0.4 is 10.3 Å². The Morgan fingerprint density at radius 3 is 2.56 bits per heavy atom. The fraction of sp³-hybridized carbons (Fsp3) is 0.200. The molecular weight excluding hydrogens is 224 g/mol. The molecule has 0 aliphatic carbocycles. The minimum Gasteiger partial charge on any atom is -0.352 e. The van der Waals surface area contributed by atoms with Gasteiger partial charge in [-0.15, -0.1) is 0 Å². The highest BCUT2D eigenvalue weighted by atomic mass is 16.1. The van der Waals surface area contributed by atoms with Crippen LogP contribution in [0.5, 0.6) is 0 Å². The van der Waals surface area contributed by atoms with Crippen LogP contribution in [-0.4, -0.2) is 5.91 Å². The monoisotopic (exact) mass is 241 g/mol. The maximum atomic E-state index is 11.7. The normalized spacial score (nSPS) is 10.0. The van der Waals surface area contributed by atoms with Gasteiger partial charge in [0.2, 0.25) is 5.91 Å². The Labute approximate surface area is 107 Å². The average Bonchev–Trinajstić information content (AvgIpc) is 2.45. The SMILES string of the molecule is O=C(CCc1ccccc1)NCc1ccc[nH+]c1. The predicted molar refractivity (Wildman–Crippen MR) is 69.6 cm³/mol. The number of carbonyl (C=O) groups is 1. The van der Waals surface area contributed by atoms with Crippen molar-refractivity contribution in [1.29, 1.82) is 0 Å². The molecule has 1 aromatic heterocycles. The number of rotatable bonds is 5. The van der Waals surface area contributed by atoms with E-state index < -0.39 is 0 Å². The molecule has 2 rings (SSSR count). The number of aromatic amines is 1. The number of benzene rings is 1. The lowest BCUT2D eigenvalue weighted by Gasteiger charge is -2.04. The number of H-pyrrole nitrogens is 1. The molecule has 3 heteroatoms. The number of pyridine rings is 1. The van der Waals surface area contributed by atoms with Crippen molar-refractivity contribution in [3.8, 4) is 0 Å². The van der Waals surface area contributed by atoms with Gasteiger partial charge in [0.1, 0.15) is 0 Å². The molecule has 0 aliphatic heterocycles. The molecule has 2 aromatic rings. The van der Waals surface area contributed by atoms with Crippen molar-refractivity contribution in [3.05, 3.63) is 66.0 Å². The Morgan fingerprint density at radius 1 is 1.06 bits per heavy atom. The van der Waals surface area contributed by atoms with E-state index in [1.807, 2.05) is 54.9 Å². The van der Waals surface area contributed by atoms with E-state index in [-0.39, 0.29) is 5.91 Å². The van der Waals surface area contributed by atoms with Crippen molar-refractivity contribution in [2.75, 3.05) is 0 Å². The number of aromatic nitrogens is 1. The van der Waals surface area contributed by atoms with Crippen LogP contribution in [0.4, 0.5) is 0 Å². The Hall–Kier alpha value is -2.16. The van der Waals surface area contributed by atoms with Gasteiger partial charge in [0.15, 0.2) is 12.4 Å². The van der Waals surface area contributed by atoms with Gasteiger partial charge in [-0.3, -0.25) is 4.79 Å². The van der Waals surface area contributed by atoms with Gasteiger partial charge >= 0.3 is 0 Å². The lowest BCUT2D eigenvalue weighted by atomic mass is 10.1. The number of carbonyl (C=O) groups excluding carboxylic acids is 1. The maximum absolute atomic E-state index is 11.7. The first kappa shape index (κ1) is 12.3. The summed E-state index contributed by atoms with van der Waals surface area (Å²) in [6.07, 6.45) is 5.05. The Morgan fingerprint density at radius 2 is 1.83 bits per heavy atom. The molecule has 18 heavy (non-hydrogen) atoms. The third kappa shape index (κ3) is 4.01. The van der Waals surface area contributed by atoms with Crippen LogP contribution in [0.2, 0.25) is 0 Å². The van der Waals surface area contributed by atoms with Crippen molar-refractivity contribution >= 4 is 5.91 Å². The molecule has 92 valence electrons. The molecule has 0 bridgehead atoms. The molecule has 2 N–H and O–H groups in total. The fourth-order valence-corrected chi connectivity index (χ4v) is 1.73. The lowest BCUT2D eigenvalue weighted by Crippen LogP contribution is -2.23. The van der Waals surface area contributed by atoms with Crippen LogP contribution in [0.3, 0.4) is 0 Å².